The molecule has 0 atom stereocenters. The van der Waals surface area contributed by atoms with Crippen LogP contribution in [0.1, 0.15) is 10.6 Å². The maximum Gasteiger partial charge on any atom is 0.289 e. The third-order valence-electron chi connectivity index (χ3n) is 5.62. The molecule has 1 saturated heterocycles. The van der Waals surface area contributed by atoms with Crippen molar-refractivity contribution in [3.05, 3.63) is 72.5 Å². The predicted octanol–water partition coefficient (Wildman–Crippen LogP) is 3.49. The molecule has 9 nitrogen and oxygen atoms in total. The van der Waals surface area contributed by atoms with E-state index in [2.05, 4.69) is 25.4 Å². The normalized spacial score (nSPS) is 14.2. The number of furan rings is 1. The number of thiazole rings is 1. The summed E-state index contributed by atoms with van der Waals surface area (Å²) in [4.78, 5) is 21.5. The number of benzene rings is 2. The highest BCUT2D eigenvalue weighted by Crippen LogP contribution is 2.31. The van der Waals surface area contributed by atoms with Crippen molar-refractivity contribution in [2.45, 2.75) is 0 Å². The molecule has 0 unspecified atom stereocenters. The quantitative estimate of drug-likeness (QED) is 0.408. The number of hydrogen-bond donors (Lipinski definition) is 0. The lowest BCUT2D eigenvalue weighted by Gasteiger charge is -2.34. The van der Waals surface area contributed by atoms with Crippen molar-refractivity contribution in [2.24, 2.45) is 0 Å². The van der Waals surface area contributed by atoms with Gasteiger partial charge in [-0.2, -0.15) is 4.68 Å². The van der Waals surface area contributed by atoms with Gasteiger partial charge in [0.2, 0.25) is 5.95 Å². The molecule has 0 bridgehead atoms. The Morgan fingerprint density at radius 3 is 2.52 bits per heavy atom. The fraction of sp³-hybridized carbons (Fsp3) is 0.174. The number of tetrazole rings is 1. The second kappa shape index (κ2) is 8.14. The van der Waals surface area contributed by atoms with Gasteiger partial charge in [0.25, 0.3) is 5.91 Å². The van der Waals surface area contributed by atoms with Crippen LogP contribution in [0, 0.1) is 0 Å². The van der Waals surface area contributed by atoms with Crippen LogP contribution in [0.3, 0.4) is 0 Å². The topological polar surface area (TPSA) is 93.2 Å². The van der Waals surface area contributed by atoms with Gasteiger partial charge in [-0.3, -0.25) is 4.79 Å². The fourth-order valence-electron chi connectivity index (χ4n) is 3.93. The zero-order valence-corrected chi connectivity index (χ0v) is 18.4. The van der Waals surface area contributed by atoms with E-state index in [9.17, 15) is 4.79 Å². The molecule has 1 fully saturated rings. The van der Waals surface area contributed by atoms with E-state index in [0.29, 0.717) is 43.6 Å². The van der Waals surface area contributed by atoms with Gasteiger partial charge in [-0.05, 0) is 46.8 Å². The van der Waals surface area contributed by atoms with E-state index in [4.69, 9.17) is 4.42 Å². The molecule has 0 radical (unpaired) electrons. The first kappa shape index (κ1) is 19.6. The molecule has 164 valence electrons. The number of piperazine rings is 1. The second-order valence-corrected chi connectivity index (χ2v) is 8.69. The van der Waals surface area contributed by atoms with Crippen molar-refractivity contribution in [2.75, 3.05) is 31.1 Å². The third kappa shape index (κ3) is 3.64. The molecule has 2 aromatic carbocycles. The molecule has 0 N–H and O–H groups in total. The Morgan fingerprint density at radius 2 is 1.70 bits per heavy atom. The second-order valence-electron chi connectivity index (χ2n) is 7.66. The van der Waals surface area contributed by atoms with Gasteiger partial charge in [-0.1, -0.05) is 35.4 Å². The van der Waals surface area contributed by atoms with Crippen LogP contribution in [0.25, 0.3) is 26.7 Å². The summed E-state index contributed by atoms with van der Waals surface area (Å²) in [5, 5.41) is 12.9. The van der Waals surface area contributed by atoms with E-state index in [-0.39, 0.29) is 5.91 Å². The van der Waals surface area contributed by atoms with Gasteiger partial charge in [-0.15, -0.1) is 11.3 Å². The van der Waals surface area contributed by atoms with Crippen molar-refractivity contribution >= 4 is 33.4 Å². The van der Waals surface area contributed by atoms with Crippen LogP contribution in [0.2, 0.25) is 0 Å². The number of fused-ring (bicyclic) bond motifs is 1. The highest BCUT2D eigenvalue weighted by Gasteiger charge is 2.27. The number of hydrogen-bond acceptors (Lipinski definition) is 8. The van der Waals surface area contributed by atoms with Gasteiger partial charge in [0.1, 0.15) is 0 Å². The van der Waals surface area contributed by atoms with Crippen LogP contribution in [-0.2, 0) is 0 Å². The lowest BCUT2D eigenvalue weighted by atomic mass is 10.3. The number of nitrogens with zero attached hydrogens (tertiary/aromatic N) is 7. The lowest BCUT2D eigenvalue weighted by molar-refractivity contribution is 0.0715. The maximum absolute atomic E-state index is 13.0. The molecule has 6 rings (SSSR count). The Balaban J connectivity index is 1.15. The summed E-state index contributed by atoms with van der Waals surface area (Å²) in [6, 6.07) is 21.2. The maximum atomic E-state index is 13.0. The highest BCUT2D eigenvalue weighted by atomic mass is 32.1. The average Bonchev–Trinajstić information content (AvgIpc) is 3.63. The Morgan fingerprint density at radius 1 is 0.909 bits per heavy atom. The van der Waals surface area contributed by atoms with Crippen LogP contribution in [0.15, 0.2) is 71.1 Å². The standard InChI is InChI=1S/C23H19N7O2S/c31-22(19-11-10-18(32-19)21-24-17-8-4-5-9-20(17)33-21)28-12-14-29(15-13-28)23-25-26-27-30(23)16-6-2-1-3-7-16/h1-11H,12-15H2. The first-order valence-corrected chi connectivity index (χ1v) is 11.4. The molecule has 5 aromatic rings. The molecular weight excluding hydrogens is 438 g/mol. The summed E-state index contributed by atoms with van der Waals surface area (Å²) in [5.74, 6) is 1.49. The molecule has 0 saturated carbocycles. The zero-order chi connectivity index (χ0) is 22.2. The summed E-state index contributed by atoms with van der Waals surface area (Å²) < 4.78 is 8.70. The van der Waals surface area contributed by atoms with E-state index in [1.807, 2.05) is 60.7 Å². The third-order valence-corrected chi connectivity index (χ3v) is 6.68. The minimum Gasteiger partial charge on any atom is -0.448 e. The zero-order valence-electron chi connectivity index (χ0n) is 17.5. The SMILES string of the molecule is O=C(c1ccc(-c2nc3ccccc3s2)o1)N1CCN(c2nnnn2-c2ccccc2)CC1. The van der Waals surface area contributed by atoms with Crippen LogP contribution < -0.4 is 4.90 Å². The number of aromatic nitrogens is 5. The summed E-state index contributed by atoms with van der Waals surface area (Å²) in [6.45, 7) is 2.37. The van der Waals surface area contributed by atoms with Crippen molar-refractivity contribution in [3.63, 3.8) is 0 Å². The van der Waals surface area contributed by atoms with Gasteiger partial charge in [-0.25, -0.2) is 4.98 Å². The number of para-hydroxylation sites is 2. The lowest BCUT2D eigenvalue weighted by Crippen LogP contribution is -2.49. The number of carbonyl (C=O) groups excluding carboxylic acids is 1. The average molecular weight is 458 g/mol. The van der Waals surface area contributed by atoms with E-state index in [1.54, 1.807) is 27.0 Å². The molecular formula is C23H19N7O2S. The Labute approximate surface area is 192 Å². The smallest absolute Gasteiger partial charge is 0.289 e. The van der Waals surface area contributed by atoms with Gasteiger partial charge in [0.05, 0.1) is 15.9 Å². The Hall–Kier alpha value is -4.05. The van der Waals surface area contributed by atoms with Gasteiger partial charge in [0, 0.05) is 26.2 Å². The highest BCUT2D eigenvalue weighted by molar-refractivity contribution is 7.21. The molecule has 4 heterocycles. The molecule has 0 aliphatic carbocycles. The van der Waals surface area contributed by atoms with E-state index in [0.717, 1.165) is 20.9 Å². The van der Waals surface area contributed by atoms with Crippen LogP contribution in [-0.4, -0.2) is 62.2 Å². The predicted molar refractivity (Wildman–Crippen MR) is 125 cm³/mol. The molecule has 1 amide bonds. The largest absolute Gasteiger partial charge is 0.448 e. The van der Waals surface area contributed by atoms with Gasteiger partial charge in [0.15, 0.2) is 16.5 Å². The van der Waals surface area contributed by atoms with Crippen molar-refractivity contribution in [1.82, 2.24) is 30.1 Å². The van der Waals surface area contributed by atoms with Gasteiger partial charge < -0.3 is 14.2 Å². The van der Waals surface area contributed by atoms with E-state index < -0.39 is 0 Å². The number of amides is 1. The minimum atomic E-state index is -0.121. The number of rotatable bonds is 4. The number of anilines is 1. The summed E-state index contributed by atoms with van der Waals surface area (Å²) in [5.41, 5.74) is 1.82. The van der Waals surface area contributed by atoms with Crippen molar-refractivity contribution in [3.8, 4) is 16.5 Å². The van der Waals surface area contributed by atoms with E-state index >= 15 is 0 Å². The van der Waals surface area contributed by atoms with Crippen LogP contribution >= 0.6 is 11.3 Å². The monoisotopic (exact) mass is 457 g/mol. The molecule has 3 aromatic heterocycles. The summed E-state index contributed by atoms with van der Waals surface area (Å²) in [6.07, 6.45) is 0. The first-order valence-electron chi connectivity index (χ1n) is 10.6. The molecule has 0 spiro atoms. The molecule has 10 heteroatoms. The van der Waals surface area contributed by atoms with Crippen LogP contribution in [0.5, 0.6) is 0 Å². The van der Waals surface area contributed by atoms with Crippen molar-refractivity contribution in [1.29, 1.82) is 0 Å². The Bertz CT molecular complexity index is 1380. The summed E-state index contributed by atoms with van der Waals surface area (Å²) in [7, 11) is 0. The van der Waals surface area contributed by atoms with Crippen LogP contribution in [0.4, 0.5) is 5.95 Å². The molecule has 33 heavy (non-hydrogen) atoms. The number of carbonyl (C=O) groups is 1. The summed E-state index contributed by atoms with van der Waals surface area (Å²) >= 11 is 1.55. The molecule has 1 aliphatic heterocycles. The minimum absolute atomic E-state index is 0.121. The van der Waals surface area contributed by atoms with Crippen molar-refractivity contribution < 1.29 is 9.21 Å². The first-order chi connectivity index (χ1) is 16.3. The van der Waals surface area contributed by atoms with E-state index in [1.165, 1.54) is 0 Å². The van der Waals surface area contributed by atoms with Gasteiger partial charge >= 0.3 is 0 Å². The molecule has 1 aliphatic rings. The Kier molecular flexibility index (Phi) is 4.84. The fourth-order valence-corrected chi connectivity index (χ4v) is 4.85.